The van der Waals surface area contributed by atoms with Gasteiger partial charge >= 0.3 is 0 Å². The van der Waals surface area contributed by atoms with Crippen LogP contribution in [0.5, 0.6) is 0 Å². The molecule has 2 nitrogen and oxygen atoms in total. The molecule has 0 unspecified atom stereocenters. The van der Waals surface area contributed by atoms with Crippen LogP contribution in [-0.2, 0) is 4.79 Å². The fourth-order valence-electron chi connectivity index (χ4n) is 3.64. The fourth-order valence-corrected chi connectivity index (χ4v) is 3.64. The lowest BCUT2D eigenvalue weighted by Crippen LogP contribution is -2.25. The molecule has 2 rings (SSSR count). The van der Waals surface area contributed by atoms with Gasteiger partial charge in [0.25, 0.3) is 0 Å². The van der Waals surface area contributed by atoms with Crippen molar-refractivity contribution in [2.24, 2.45) is 0 Å². The Bertz CT molecular complexity index is 854. The van der Waals surface area contributed by atoms with Gasteiger partial charge in [-0.05, 0) is 69.2 Å². The molecule has 0 heterocycles. The van der Waals surface area contributed by atoms with Gasteiger partial charge < -0.3 is 0 Å². The van der Waals surface area contributed by atoms with Crippen LogP contribution in [0.1, 0.15) is 71.1 Å². The summed E-state index contributed by atoms with van der Waals surface area (Å²) in [5.41, 5.74) is 1.83. The minimum atomic E-state index is 0.133. The van der Waals surface area contributed by atoms with Gasteiger partial charge in [-0.2, -0.15) is 0 Å². The van der Waals surface area contributed by atoms with Crippen LogP contribution in [-0.4, -0.2) is 5.91 Å². The molecule has 0 bridgehead atoms. The summed E-state index contributed by atoms with van der Waals surface area (Å²) in [7, 11) is 0. The monoisotopic (exact) mass is 455 g/mol. The number of unbranched alkanes of at least 4 members (excludes halogenated alkanes) is 4. The van der Waals surface area contributed by atoms with Crippen molar-refractivity contribution < 1.29 is 4.79 Å². The van der Waals surface area contributed by atoms with E-state index in [-0.39, 0.29) is 5.91 Å². The third kappa shape index (κ3) is 11.7. The molecule has 0 radical (unpaired) electrons. The number of benzene rings is 2. The first-order valence-electron chi connectivity index (χ1n) is 12.9. The standard InChI is InChI=1S/C32H41NO/c1-2-3-4-5-6-7-8-9-10-11-12-13-14-15-16-17-24-29-32(34)33(30-25-20-18-21-26-30)31-27-22-19-23-28-31/h6-7,9-10,12-13,15-16,18-23,25-28H,2-5,8,11,14,17,24,29H2,1H3/b7-6-,10-9-,13-12-,16-15-. The number of anilines is 2. The summed E-state index contributed by atoms with van der Waals surface area (Å²) in [5.74, 6) is 0.133. The Hall–Kier alpha value is -3.13. The SMILES string of the molecule is CCCCC/C=C\C/C=C\C/C=C\C/C=C\CCCC(=O)N(c1ccccc1)c1ccccc1. The zero-order chi connectivity index (χ0) is 24.1. The summed E-state index contributed by atoms with van der Waals surface area (Å²) < 4.78 is 0. The maximum atomic E-state index is 13.0. The third-order valence-corrected chi connectivity index (χ3v) is 5.50. The van der Waals surface area contributed by atoms with Crippen LogP contribution in [0.15, 0.2) is 109 Å². The van der Waals surface area contributed by atoms with Crippen molar-refractivity contribution in [3.8, 4) is 0 Å². The minimum absolute atomic E-state index is 0.133. The molecule has 0 aliphatic rings. The Morgan fingerprint density at radius 2 is 1.06 bits per heavy atom. The van der Waals surface area contributed by atoms with Crippen molar-refractivity contribution >= 4 is 17.3 Å². The first-order valence-corrected chi connectivity index (χ1v) is 12.9. The van der Waals surface area contributed by atoms with Gasteiger partial charge in [0.2, 0.25) is 5.91 Å². The Balaban J connectivity index is 1.62. The first-order chi connectivity index (χ1) is 16.8. The molecule has 0 saturated heterocycles. The number of para-hydroxylation sites is 2. The highest BCUT2D eigenvalue weighted by Crippen LogP contribution is 2.26. The van der Waals surface area contributed by atoms with Crippen LogP contribution in [0.4, 0.5) is 11.4 Å². The van der Waals surface area contributed by atoms with E-state index < -0.39 is 0 Å². The van der Waals surface area contributed by atoms with Crippen LogP contribution in [0.2, 0.25) is 0 Å². The normalized spacial score (nSPS) is 11.9. The Labute approximate surface area is 207 Å². The number of carbonyl (C=O) groups excluding carboxylic acids is 1. The molecule has 180 valence electrons. The predicted molar refractivity (Wildman–Crippen MR) is 148 cm³/mol. The molecule has 2 aromatic carbocycles. The smallest absolute Gasteiger partial charge is 0.231 e. The van der Waals surface area contributed by atoms with Gasteiger partial charge in [0.15, 0.2) is 0 Å². The molecule has 34 heavy (non-hydrogen) atoms. The molecule has 0 aliphatic carbocycles. The van der Waals surface area contributed by atoms with Crippen molar-refractivity contribution in [1.29, 1.82) is 0 Å². The number of carbonyl (C=O) groups is 1. The highest BCUT2D eigenvalue weighted by molar-refractivity contribution is 6.00. The Morgan fingerprint density at radius 3 is 1.53 bits per heavy atom. The van der Waals surface area contributed by atoms with Crippen molar-refractivity contribution in [2.45, 2.75) is 71.1 Å². The molecule has 0 aliphatic heterocycles. The lowest BCUT2D eigenvalue weighted by atomic mass is 10.1. The van der Waals surface area contributed by atoms with Gasteiger partial charge in [0.1, 0.15) is 0 Å². The van der Waals surface area contributed by atoms with Gasteiger partial charge in [-0.25, -0.2) is 0 Å². The van der Waals surface area contributed by atoms with Crippen LogP contribution < -0.4 is 4.90 Å². The number of rotatable bonds is 16. The largest absolute Gasteiger partial charge is 0.281 e. The number of hydrogen-bond acceptors (Lipinski definition) is 1. The topological polar surface area (TPSA) is 20.3 Å². The second-order valence-electron chi connectivity index (χ2n) is 8.38. The van der Waals surface area contributed by atoms with E-state index in [1.54, 1.807) is 0 Å². The first kappa shape index (κ1) is 27.1. The zero-order valence-electron chi connectivity index (χ0n) is 20.8. The van der Waals surface area contributed by atoms with Crippen LogP contribution >= 0.6 is 0 Å². The van der Waals surface area contributed by atoms with Gasteiger partial charge in [-0.3, -0.25) is 9.69 Å². The summed E-state index contributed by atoms with van der Waals surface area (Å²) in [6, 6.07) is 19.8. The summed E-state index contributed by atoms with van der Waals surface area (Å²) in [5, 5.41) is 0. The van der Waals surface area contributed by atoms with E-state index in [1.165, 1.54) is 25.7 Å². The van der Waals surface area contributed by atoms with Crippen LogP contribution in [0.3, 0.4) is 0 Å². The van der Waals surface area contributed by atoms with Gasteiger partial charge in [0.05, 0.1) is 0 Å². The molecule has 0 aromatic heterocycles. The summed E-state index contributed by atoms with van der Waals surface area (Å²) >= 11 is 0. The lowest BCUT2D eigenvalue weighted by Gasteiger charge is -2.23. The number of hydrogen-bond donors (Lipinski definition) is 0. The lowest BCUT2D eigenvalue weighted by molar-refractivity contribution is -0.118. The zero-order valence-corrected chi connectivity index (χ0v) is 20.8. The maximum absolute atomic E-state index is 13.0. The van der Waals surface area contributed by atoms with Crippen molar-refractivity contribution in [3.63, 3.8) is 0 Å². The van der Waals surface area contributed by atoms with Crippen LogP contribution in [0, 0.1) is 0 Å². The second kappa shape index (κ2) is 18.3. The highest BCUT2D eigenvalue weighted by atomic mass is 16.2. The van der Waals surface area contributed by atoms with E-state index in [0.717, 1.165) is 43.5 Å². The molecule has 0 atom stereocenters. The average molecular weight is 456 g/mol. The van der Waals surface area contributed by atoms with Gasteiger partial charge in [0, 0.05) is 17.8 Å². The van der Waals surface area contributed by atoms with E-state index in [9.17, 15) is 4.79 Å². The quantitative estimate of drug-likeness (QED) is 0.182. The second-order valence-corrected chi connectivity index (χ2v) is 8.38. The van der Waals surface area contributed by atoms with Gasteiger partial charge in [-0.1, -0.05) is 105 Å². The predicted octanol–water partition coefficient (Wildman–Crippen LogP) is 9.50. The van der Waals surface area contributed by atoms with E-state index in [4.69, 9.17) is 0 Å². The fraction of sp³-hybridized carbons (Fsp3) is 0.344. The van der Waals surface area contributed by atoms with E-state index >= 15 is 0 Å². The van der Waals surface area contributed by atoms with E-state index in [1.807, 2.05) is 65.6 Å². The van der Waals surface area contributed by atoms with Crippen LogP contribution in [0.25, 0.3) is 0 Å². The molecule has 0 saturated carbocycles. The summed E-state index contributed by atoms with van der Waals surface area (Å²) in [6.45, 7) is 2.24. The number of allylic oxidation sites excluding steroid dienone is 8. The van der Waals surface area contributed by atoms with E-state index in [2.05, 4.69) is 55.5 Å². The molecule has 2 aromatic rings. The third-order valence-electron chi connectivity index (χ3n) is 5.50. The number of nitrogens with zero attached hydrogens (tertiary/aromatic N) is 1. The molecule has 0 spiro atoms. The Kier molecular flexibility index (Phi) is 14.6. The molecule has 0 N–H and O–H groups in total. The average Bonchev–Trinajstić information content (AvgIpc) is 2.87. The minimum Gasteiger partial charge on any atom is -0.281 e. The Morgan fingerprint density at radius 1 is 0.618 bits per heavy atom. The summed E-state index contributed by atoms with van der Waals surface area (Å²) in [6.07, 6.45) is 28.2. The molecule has 0 fully saturated rings. The maximum Gasteiger partial charge on any atom is 0.231 e. The van der Waals surface area contributed by atoms with Crippen molar-refractivity contribution in [1.82, 2.24) is 0 Å². The number of amides is 1. The van der Waals surface area contributed by atoms with Crippen molar-refractivity contribution in [2.75, 3.05) is 4.90 Å². The molecule has 2 heteroatoms. The highest BCUT2D eigenvalue weighted by Gasteiger charge is 2.16. The molecule has 1 amide bonds. The van der Waals surface area contributed by atoms with Crippen molar-refractivity contribution in [3.05, 3.63) is 109 Å². The van der Waals surface area contributed by atoms with Gasteiger partial charge in [-0.15, -0.1) is 0 Å². The summed E-state index contributed by atoms with van der Waals surface area (Å²) in [4.78, 5) is 14.8. The molecular formula is C32H41NO. The molecular weight excluding hydrogens is 414 g/mol. The van der Waals surface area contributed by atoms with E-state index in [0.29, 0.717) is 6.42 Å².